The molecule has 0 aromatic heterocycles. The minimum atomic E-state index is 0.798. The lowest BCUT2D eigenvalue weighted by molar-refractivity contribution is 0.245. The molecule has 0 unspecified atom stereocenters. The number of hydrogen-bond donors (Lipinski definition) is 0. The Morgan fingerprint density at radius 1 is 1.50 bits per heavy atom. The highest BCUT2D eigenvalue weighted by Gasteiger charge is 2.19. The third-order valence-corrected chi connectivity index (χ3v) is 3.69. The van der Waals surface area contributed by atoms with Gasteiger partial charge in [0.1, 0.15) is 0 Å². The second-order valence-electron chi connectivity index (χ2n) is 3.84. The predicted molar refractivity (Wildman–Crippen MR) is 57.9 cm³/mol. The van der Waals surface area contributed by atoms with Crippen LogP contribution in [0.25, 0.3) is 0 Å². The quantitative estimate of drug-likeness (QED) is 0.668. The zero-order chi connectivity index (χ0) is 8.97. The van der Waals surface area contributed by atoms with Crippen molar-refractivity contribution in [3.05, 3.63) is 0 Å². The van der Waals surface area contributed by atoms with E-state index in [0.29, 0.717) is 0 Å². The van der Waals surface area contributed by atoms with E-state index < -0.39 is 0 Å². The summed E-state index contributed by atoms with van der Waals surface area (Å²) in [5, 5.41) is 1.70. The van der Waals surface area contributed by atoms with Crippen LogP contribution in [0.1, 0.15) is 33.6 Å². The van der Waals surface area contributed by atoms with Crippen molar-refractivity contribution < 1.29 is 0 Å². The van der Waals surface area contributed by atoms with Gasteiger partial charge < -0.3 is 4.90 Å². The molecule has 0 saturated carbocycles. The molecule has 1 saturated heterocycles. The molecule has 12 heavy (non-hydrogen) atoms. The molecule has 0 spiro atoms. The van der Waals surface area contributed by atoms with Crippen molar-refractivity contribution in [3.8, 4) is 0 Å². The Morgan fingerprint density at radius 2 is 2.25 bits per heavy atom. The molecule has 0 aliphatic carbocycles. The lowest BCUT2D eigenvalue weighted by Crippen LogP contribution is -2.37. The van der Waals surface area contributed by atoms with Crippen LogP contribution in [0, 0.1) is 0 Å². The molecule has 0 aromatic carbocycles. The molecule has 0 amide bonds. The van der Waals surface area contributed by atoms with E-state index in [0.717, 1.165) is 10.5 Å². The third-order valence-electron chi connectivity index (χ3n) is 2.37. The van der Waals surface area contributed by atoms with Crippen LogP contribution < -0.4 is 0 Å². The van der Waals surface area contributed by atoms with E-state index in [1.54, 1.807) is 0 Å². The third kappa shape index (κ3) is 3.36. The number of rotatable bonds is 3. The summed E-state index contributed by atoms with van der Waals surface area (Å²) in [6, 6.07) is 0. The highest BCUT2D eigenvalue weighted by molar-refractivity contribution is 8.00. The Bertz CT molecular complexity index is 125. The molecule has 1 aliphatic heterocycles. The highest BCUT2D eigenvalue weighted by Crippen LogP contribution is 2.25. The van der Waals surface area contributed by atoms with Gasteiger partial charge in [0.25, 0.3) is 0 Å². The van der Waals surface area contributed by atoms with Crippen molar-refractivity contribution in [2.24, 2.45) is 0 Å². The number of likely N-dealkylation sites (tertiary alicyclic amines) is 1. The summed E-state index contributed by atoms with van der Waals surface area (Å²) in [5.41, 5.74) is 0. The summed E-state index contributed by atoms with van der Waals surface area (Å²) in [4.78, 5) is 2.57. The molecule has 0 radical (unpaired) electrons. The van der Waals surface area contributed by atoms with E-state index >= 15 is 0 Å². The lowest BCUT2D eigenvalue weighted by atomic mass is 10.1. The van der Waals surface area contributed by atoms with Gasteiger partial charge in [-0.1, -0.05) is 20.8 Å². The van der Waals surface area contributed by atoms with Gasteiger partial charge in [-0.05, 0) is 31.2 Å². The Morgan fingerprint density at radius 3 is 2.83 bits per heavy atom. The van der Waals surface area contributed by atoms with Gasteiger partial charge in [0, 0.05) is 11.8 Å². The summed E-state index contributed by atoms with van der Waals surface area (Å²) >= 11 is 2.15. The number of piperidine rings is 1. The van der Waals surface area contributed by atoms with Crippen molar-refractivity contribution in [1.82, 2.24) is 4.90 Å². The van der Waals surface area contributed by atoms with Crippen LogP contribution in [0.5, 0.6) is 0 Å². The first-order valence-corrected chi connectivity index (χ1v) is 6.04. The molecule has 72 valence electrons. The van der Waals surface area contributed by atoms with Crippen molar-refractivity contribution in [2.75, 3.05) is 19.6 Å². The van der Waals surface area contributed by atoms with Crippen molar-refractivity contribution in [1.29, 1.82) is 0 Å². The van der Waals surface area contributed by atoms with Crippen LogP contribution >= 0.6 is 11.8 Å². The van der Waals surface area contributed by atoms with Crippen LogP contribution in [0.15, 0.2) is 0 Å². The fraction of sp³-hybridized carbons (Fsp3) is 1.00. The van der Waals surface area contributed by atoms with E-state index in [1.807, 2.05) is 0 Å². The van der Waals surface area contributed by atoms with E-state index in [1.165, 1.54) is 32.5 Å². The minimum Gasteiger partial charge on any atom is -0.303 e. The summed E-state index contributed by atoms with van der Waals surface area (Å²) in [5.74, 6) is 0. The molecule has 1 rings (SSSR count). The van der Waals surface area contributed by atoms with Crippen LogP contribution in [0.4, 0.5) is 0 Å². The maximum Gasteiger partial charge on any atom is 0.0178 e. The van der Waals surface area contributed by atoms with E-state index in [2.05, 4.69) is 37.4 Å². The van der Waals surface area contributed by atoms with Crippen LogP contribution in [0.3, 0.4) is 0 Å². The summed E-state index contributed by atoms with van der Waals surface area (Å²) in [6.07, 6.45) is 2.83. The van der Waals surface area contributed by atoms with Gasteiger partial charge >= 0.3 is 0 Å². The fourth-order valence-corrected chi connectivity index (χ4v) is 3.17. The molecule has 1 fully saturated rings. The van der Waals surface area contributed by atoms with Gasteiger partial charge in [-0.3, -0.25) is 0 Å². The predicted octanol–water partition coefficient (Wildman–Crippen LogP) is 2.61. The minimum absolute atomic E-state index is 0.798. The van der Waals surface area contributed by atoms with Crippen molar-refractivity contribution in [2.45, 2.75) is 44.1 Å². The zero-order valence-electron chi connectivity index (χ0n) is 8.55. The molecule has 1 aliphatic rings. The average molecular weight is 187 g/mol. The summed E-state index contributed by atoms with van der Waals surface area (Å²) in [7, 11) is 0. The smallest absolute Gasteiger partial charge is 0.0178 e. The highest BCUT2D eigenvalue weighted by atomic mass is 32.2. The molecule has 0 bridgehead atoms. The molecule has 1 nitrogen and oxygen atoms in total. The fourth-order valence-electron chi connectivity index (χ4n) is 1.80. The second-order valence-corrected chi connectivity index (χ2v) is 5.72. The Balaban J connectivity index is 2.25. The monoisotopic (exact) mass is 187 g/mol. The molecule has 0 aromatic rings. The molecule has 0 N–H and O–H groups in total. The van der Waals surface area contributed by atoms with E-state index in [4.69, 9.17) is 0 Å². The Labute approximate surface area is 80.9 Å². The summed E-state index contributed by atoms with van der Waals surface area (Å²) < 4.78 is 0. The van der Waals surface area contributed by atoms with Gasteiger partial charge in [-0.15, -0.1) is 0 Å². The Hall–Kier alpha value is 0.310. The van der Waals surface area contributed by atoms with Gasteiger partial charge in [-0.25, -0.2) is 0 Å². The van der Waals surface area contributed by atoms with Gasteiger partial charge in [-0.2, -0.15) is 11.8 Å². The first kappa shape index (κ1) is 10.4. The Kier molecular flexibility index (Phi) is 4.44. The zero-order valence-corrected chi connectivity index (χ0v) is 9.36. The number of thioether (sulfide) groups is 1. The second kappa shape index (κ2) is 5.13. The van der Waals surface area contributed by atoms with Crippen LogP contribution in [0.2, 0.25) is 0 Å². The SMILES string of the molecule is CCN1CCC[C@H](SC(C)C)C1. The normalized spacial score (nSPS) is 26.5. The maximum absolute atomic E-state index is 2.57. The van der Waals surface area contributed by atoms with Crippen LogP contribution in [-0.2, 0) is 0 Å². The molecular formula is C10H21NS. The van der Waals surface area contributed by atoms with Crippen LogP contribution in [-0.4, -0.2) is 35.0 Å². The first-order valence-electron chi connectivity index (χ1n) is 5.10. The lowest BCUT2D eigenvalue weighted by Gasteiger charge is -2.32. The van der Waals surface area contributed by atoms with Gasteiger partial charge in [0.2, 0.25) is 0 Å². The standard InChI is InChI=1S/C10H21NS/c1-4-11-7-5-6-10(8-11)12-9(2)3/h9-10H,4-8H2,1-3H3/t10-/m0/s1. The topological polar surface area (TPSA) is 3.24 Å². The molecular weight excluding hydrogens is 166 g/mol. The van der Waals surface area contributed by atoms with Crippen molar-refractivity contribution >= 4 is 11.8 Å². The molecule has 1 heterocycles. The van der Waals surface area contributed by atoms with E-state index in [-0.39, 0.29) is 0 Å². The van der Waals surface area contributed by atoms with E-state index in [9.17, 15) is 0 Å². The van der Waals surface area contributed by atoms with Gasteiger partial charge in [0.15, 0.2) is 0 Å². The summed E-state index contributed by atoms with van der Waals surface area (Å²) in [6.45, 7) is 10.7. The first-order chi connectivity index (χ1) is 5.72. The van der Waals surface area contributed by atoms with Gasteiger partial charge in [0.05, 0.1) is 0 Å². The molecule has 1 atom stereocenters. The largest absolute Gasteiger partial charge is 0.303 e. The number of nitrogens with zero attached hydrogens (tertiary/aromatic N) is 1. The number of hydrogen-bond acceptors (Lipinski definition) is 2. The van der Waals surface area contributed by atoms with Crippen molar-refractivity contribution in [3.63, 3.8) is 0 Å². The maximum atomic E-state index is 2.57. The average Bonchev–Trinajstić information content (AvgIpc) is 2.03. The molecule has 2 heteroatoms.